The van der Waals surface area contributed by atoms with Crippen LogP contribution in [0.5, 0.6) is 0 Å². The van der Waals surface area contributed by atoms with Crippen LogP contribution in [0.1, 0.15) is 51.4 Å². The number of amides is 2. The number of nitrogens with zero attached hydrogens (tertiary/aromatic N) is 4. The molecule has 0 saturated carbocycles. The van der Waals surface area contributed by atoms with Crippen LogP contribution in [0.15, 0.2) is 35.5 Å². The first-order chi connectivity index (χ1) is 18.7. The Balaban J connectivity index is 1.51. The number of aryl methyl sites for hydroxylation is 1. The number of imidazole rings is 1. The Bertz CT molecular complexity index is 1520. The molecule has 1 unspecified atom stereocenters. The average molecular weight is 554 g/mol. The van der Waals surface area contributed by atoms with E-state index in [1.165, 1.54) is 0 Å². The van der Waals surface area contributed by atoms with Gasteiger partial charge in [0.05, 0.1) is 36.2 Å². The fourth-order valence-corrected chi connectivity index (χ4v) is 4.83. The molecule has 4 heterocycles. The fourth-order valence-electron chi connectivity index (χ4n) is 4.83. The van der Waals surface area contributed by atoms with Crippen molar-refractivity contribution in [3.8, 4) is 11.3 Å². The molecule has 5 rings (SSSR count). The lowest BCUT2D eigenvalue weighted by molar-refractivity contribution is -0.121. The quantitative estimate of drug-likeness (QED) is 0.514. The van der Waals surface area contributed by atoms with Crippen LogP contribution >= 0.6 is 0 Å². The summed E-state index contributed by atoms with van der Waals surface area (Å²) < 4.78 is 44.6. The molecule has 40 heavy (non-hydrogen) atoms. The largest absolute Gasteiger partial charge is 0.444 e. The molecule has 212 valence electrons. The number of carbonyl (C=O) groups is 2. The van der Waals surface area contributed by atoms with Crippen LogP contribution < -0.4 is 5.32 Å². The van der Waals surface area contributed by atoms with E-state index < -0.39 is 40.9 Å². The minimum absolute atomic E-state index is 0.114. The topological polar surface area (TPSA) is 97.5 Å². The summed E-state index contributed by atoms with van der Waals surface area (Å²) in [5.74, 6) is -1.97. The summed E-state index contributed by atoms with van der Waals surface area (Å²) in [5, 5.41) is 2.92. The van der Waals surface area contributed by atoms with Gasteiger partial charge in [0.15, 0.2) is 0 Å². The Morgan fingerprint density at radius 1 is 1.23 bits per heavy atom. The van der Waals surface area contributed by atoms with E-state index in [1.807, 2.05) is 19.1 Å². The number of aliphatic imine (C=N–C) groups is 1. The van der Waals surface area contributed by atoms with Gasteiger partial charge in [-0.3, -0.25) is 4.79 Å². The van der Waals surface area contributed by atoms with Gasteiger partial charge in [0.2, 0.25) is 0 Å². The van der Waals surface area contributed by atoms with Gasteiger partial charge in [-0.15, -0.1) is 0 Å². The standard InChI is InChI=1S/C29H33F2N5O4/c1-16-7-8-36-21(14-18-15-35(9-10-39-18)27(38)40-28(2,3)4)24(32-22(36)11-16)23-19(30)12-17(13-20(23)31)25-33-26(37)29(5,6)34-25/h7-8,11-13,18H,9-10,14-15H2,1-6H3,(H,33,34,37). The Morgan fingerprint density at radius 3 is 2.55 bits per heavy atom. The van der Waals surface area contributed by atoms with E-state index in [9.17, 15) is 9.59 Å². The third kappa shape index (κ3) is 5.42. The molecule has 2 amide bonds. The van der Waals surface area contributed by atoms with Crippen molar-refractivity contribution >= 4 is 23.5 Å². The normalized spacial score (nSPS) is 19.1. The van der Waals surface area contributed by atoms with Gasteiger partial charge >= 0.3 is 6.09 Å². The lowest BCUT2D eigenvalue weighted by Crippen LogP contribution is -2.48. The molecule has 1 saturated heterocycles. The lowest BCUT2D eigenvalue weighted by Gasteiger charge is -2.34. The summed E-state index contributed by atoms with van der Waals surface area (Å²) in [6, 6.07) is 6.02. The van der Waals surface area contributed by atoms with Gasteiger partial charge in [-0.1, -0.05) is 0 Å². The van der Waals surface area contributed by atoms with Crippen LogP contribution in [0.2, 0.25) is 0 Å². The first-order valence-electron chi connectivity index (χ1n) is 13.2. The van der Waals surface area contributed by atoms with Gasteiger partial charge in [-0.2, -0.15) is 4.99 Å². The van der Waals surface area contributed by atoms with E-state index >= 15 is 8.78 Å². The first kappa shape index (κ1) is 27.7. The molecule has 1 N–H and O–H groups in total. The molecular formula is C29H33F2N5O4. The predicted octanol–water partition coefficient (Wildman–Crippen LogP) is 4.42. The van der Waals surface area contributed by atoms with Gasteiger partial charge in [0, 0.05) is 24.7 Å². The SMILES string of the molecule is Cc1ccn2c(CC3CN(C(=O)OC(C)(C)C)CCO3)c(-c3c(F)cc(C4=NC(=O)C(C)(C)N4)cc3F)nc2c1. The van der Waals surface area contributed by atoms with Crippen molar-refractivity contribution in [2.45, 2.75) is 65.2 Å². The molecule has 0 spiro atoms. The number of hydrogen-bond donors (Lipinski definition) is 1. The maximum Gasteiger partial charge on any atom is 0.410 e. The zero-order chi connectivity index (χ0) is 29.0. The van der Waals surface area contributed by atoms with Crippen LogP contribution in [-0.2, 0) is 20.7 Å². The molecular weight excluding hydrogens is 520 g/mol. The molecule has 1 aromatic carbocycles. The molecule has 11 heteroatoms. The van der Waals surface area contributed by atoms with Gasteiger partial charge in [0.1, 0.15) is 34.3 Å². The summed E-state index contributed by atoms with van der Waals surface area (Å²) >= 11 is 0. The van der Waals surface area contributed by atoms with Crippen molar-refractivity contribution in [1.29, 1.82) is 0 Å². The number of morpholine rings is 1. The second kappa shape index (κ2) is 9.96. The smallest absolute Gasteiger partial charge is 0.410 e. The summed E-state index contributed by atoms with van der Waals surface area (Å²) in [4.78, 5) is 35.0. The highest BCUT2D eigenvalue weighted by Gasteiger charge is 2.36. The molecule has 2 aromatic heterocycles. The zero-order valence-corrected chi connectivity index (χ0v) is 23.5. The van der Waals surface area contributed by atoms with Crippen molar-refractivity contribution in [3.05, 3.63) is 58.9 Å². The molecule has 1 fully saturated rings. The highest BCUT2D eigenvalue weighted by Crippen LogP contribution is 2.33. The molecule has 1 atom stereocenters. The van der Waals surface area contributed by atoms with E-state index in [0.29, 0.717) is 24.5 Å². The highest BCUT2D eigenvalue weighted by molar-refractivity contribution is 6.13. The van der Waals surface area contributed by atoms with E-state index in [4.69, 9.17) is 9.47 Å². The van der Waals surface area contributed by atoms with E-state index in [1.54, 1.807) is 50.1 Å². The maximum absolute atomic E-state index is 15.7. The second-order valence-electron chi connectivity index (χ2n) is 11.8. The number of nitrogens with one attached hydrogen (secondary N) is 1. The number of carbonyl (C=O) groups excluding carboxylic acids is 2. The fraction of sp³-hybridized carbons (Fsp3) is 0.448. The third-order valence-electron chi connectivity index (χ3n) is 6.82. The molecule has 2 aliphatic rings. The van der Waals surface area contributed by atoms with Crippen LogP contribution in [0, 0.1) is 18.6 Å². The Labute approximate surface area is 231 Å². The number of fused-ring (bicyclic) bond motifs is 1. The molecule has 2 aliphatic heterocycles. The van der Waals surface area contributed by atoms with Gasteiger partial charge in [-0.05, 0) is 71.4 Å². The molecule has 9 nitrogen and oxygen atoms in total. The van der Waals surface area contributed by atoms with Gasteiger partial charge in [0.25, 0.3) is 5.91 Å². The Kier molecular flexibility index (Phi) is 6.89. The second-order valence-corrected chi connectivity index (χ2v) is 11.8. The van der Waals surface area contributed by atoms with Crippen molar-refractivity contribution in [2.75, 3.05) is 19.7 Å². The van der Waals surface area contributed by atoms with Crippen molar-refractivity contribution in [3.63, 3.8) is 0 Å². The van der Waals surface area contributed by atoms with Gasteiger partial charge in [-0.25, -0.2) is 18.6 Å². The number of rotatable bonds is 4. The van der Waals surface area contributed by atoms with Crippen LogP contribution in [0.4, 0.5) is 13.6 Å². The third-order valence-corrected chi connectivity index (χ3v) is 6.82. The van der Waals surface area contributed by atoms with E-state index in [-0.39, 0.29) is 35.6 Å². The molecule has 0 aliphatic carbocycles. The van der Waals surface area contributed by atoms with Crippen LogP contribution in [0.3, 0.4) is 0 Å². The number of benzene rings is 1. The molecule has 3 aromatic rings. The summed E-state index contributed by atoms with van der Waals surface area (Å²) in [6.45, 7) is 11.6. The minimum atomic E-state index is -0.958. The summed E-state index contributed by atoms with van der Waals surface area (Å²) in [6.07, 6.45) is 1.17. The van der Waals surface area contributed by atoms with Crippen molar-refractivity contribution in [2.24, 2.45) is 4.99 Å². The molecule has 0 radical (unpaired) electrons. The summed E-state index contributed by atoms with van der Waals surface area (Å²) in [7, 11) is 0. The number of amidine groups is 1. The zero-order valence-electron chi connectivity index (χ0n) is 23.5. The van der Waals surface area contributed by atoms with E-state index in [2.05, 4.69) is 15.3 Å². The van der Waals surface area contributed by atoms with Crippen molar-refractivity contribution in [1.82, 2.24) is 19.6 Å². The maximum atomic E-state index is 15.7. The predicted molar refractivity (Wildman–Crippen MR) is 145 cm³/mol. The summed E-state index contributed by atoms with van der Waals surface area (Å²) in [5.41, 5.74) is 0.400. The van der Waals surface area contributed by atoms with Gasteiger partial charge < -0.3 is 24.1 Å². The number of halogens is 2. The number of ether oxygens (including phenoxy) is 2. The van der Waals surface area contributed by atoms with Crippen molar-refractivity contribution < 1.29 is 27.8 Å². The van der Waals surface area contributed by atoms with Crippen LogP contribution in [-0.4, -0.2) is 69.1 Å². The Morgan fingerprint density at radius 2 is 1.93 bits per heavy atom. The number of pyridine rings is 1. The average Bonchev–Trinajstić information content (AvgIpc) is 3.32. The monoisotopic (exact) mass is 553 g/mol. The lowest BCUT2D eigenvalue weighted by atomic mass is 10.0. The highest BCUT2D eigenvalue weighted by atomic mass is 19.1. The first-order valence-corrected chi connectivity index (χ1v) is 13.2. The minimum Gasteiger partial charge on any atom is -0.444 e. The molecule has 0 bridgehead atoms. The number of hydrogen-bond acceptors (Lipinski definition) is 6. The number of aromatic nitrogens is 2. The van der Waals surface area contributed by atoms with E-state index in [0.717, 1.165) is 17.7 Å². The van der Waals surface area contributed by atoms with Crippen LogP contribution in [0.25, 0.3) is 16.9 Å². The Hall–Kier alpha value is -3.86.